The molecule has 1 rings (SSSR count). The predicted octanol–water partition coefficient (Wildman–Crippen LogP) is 3.84. The molecular weight excluding hydrogens is 642 g/mol. The van der Waals surface area contributed by atoms with Crippen LogP contribution in [0.25, 0.3) is 0 Å². The molecule has 14 heteroatoms. The lowest BCUT2D eigenvalue weighted by atomic mass is 10.2. The van der Waals surface area contributed by atoms with E-state index in [0.717, 1.165) is 5.75 Å². The molecule has 0 unspecified atom stereocenters. The predicted molar refractivity (Wildman–Crippen MR) is 188 cm³/mol. The van der Waals surface area contributed by atoms with Crippen molar-refractivity contribution in [2.75, 3.05) is 151 Å². The third-order valence-corrected chi connectivity index (χ3v) is 11.8. The van der Waals surface area contributed by atoms with Gasteiger partial charge in [0.1, 0.15) is 12.4 Å². The molecule has 0 aliphatic heterocycles. The molecule has 2 N–H and O–H groups in total. The zero-order valence-electron chi connectivity index (χ0n) is 30.3. The Hall–Kier alpha value is -1.40. The molecular formula is C34H65NO12Si. The summed E-state index contributed by atoms with van der Waals surface area (Å²) in [6.07, 6.45) is 0. The molecule has 0 bridgehead atoms. The summed E-state index contributed by atoms with van der Waals surface area (Å²) in [6, 6.07) is 7.27. The Morgan fingerprint density at radius 1 is 0.417 bits per heavy atom. The van der Waals surface area contributed by atoms with Gasteiger partial charge in [-0.05, 0) is 42.4 Å². The summed E-state index contributed by atoms with van der Waals surface area (Å²) in [6.45, 7) is 22.7. The van der Waals surface area contributed by atoms with Crippen molar-refractivity contribution < 1.29 is 56.5 Å². The van der Waals surface area contributed by atoms with Crippen molar-refractivity contribution in [2.45, 2.75) is 38.9 Å². The number of anilines is 1. The number of hydrogen-bond acceptors (Lipinski definition) is 13. The molecule has 0 saturated carbocycles. The molecule has 282 valence electrons. The molecule has 1 aromatic rings. The van der Waals surface area contributed by atoms with Gasteiger partial charge in [-0.3, -0.25) is 0 Å². The first-order chi connectivity index (χ1) is 23.2. The molecule has 0 spiro atoms. The van der Waals surface area contributed by atoms with Crippen molar-refractivity contribution in [3.63, 3.8) is 0 Å². The second-order valence-electron chi connectivity index (χ2n) is 12.1. The topological polar surface area (TPSA) is 137 Å². The number of rotatable bonds is 35. The number of nitrogens with two attached hydrogens (primary N) is 1. The van der Waals surface area contributed by atoms with Crippen molar-refractivity contribution in [3.05, 3.63) is 24.3 Å². The highest BCUT2D eigenvalue weighted by molar-refractivity contribution is 6.74. The van der Waals surface area contributed by atoms with Crippen molar-refractivity contribution in [3.8, 4) is 5.75 Å². The van der Waals surface area contributed by atoms with E-state index >= 15 is 0 Å². The summed E-state index contributed by atoms with van der Waals surface area (Å²) in [5.74, 6) is 0.773. The molecule has 0 heterocycles. The van der Waals surface area contributed by atoms with E-state index in [1.165, 1.54) is 0 Å². The molecule has 0 fully saturated rings. The van der Waals surface area contributed by atoms with Crippen molar-refractivity contribution in [1.82, 2.24) is 0 Å². The zero-order chi connectivity index (χ0) is 35.0. The lowest BCUT2D eigenvalue weighted by Crippen LogP contribution is -2.41. The van der Waals surface area contributed by atoms with Crippen LogP contribution in [0.4, 0.5) is 5.69 Å². The molecule has 0 amide bonds. The van der Waals surface area contributed by atoms with Crippen LogP contribution in [0, 0.1) is 0 Å². The molecule has 1 aromatic carbocycles. The molecule has 0 aliphatic rings. The van der Waals surface area contributed by atoms with Crippen LogP contribution in [0.2, 0.25) is 18.1 Å². The summed E-state index contributed by atoms with van der Waals surface area (Å²) in [5.41, 5.74) is 6.35. The van der Waals surface area contributed by atoms with Crippen LogP contribution in [-0.2, 0) is 51.8 Å². The number of hydrogen-bond donors (Lipinski definition) is 1. The second kappa shape index (κ2) is 30.4. The van der Waals surface area contributed by atoms with Gasteiger partial charge in [0.25, 0.3) is 0 Å². The highest BCUT2D eigenvalue weighted by Gasteiger charge is 2.36. The van der Waals surface area contributed by atoms with Crippen LogP contribution < -0.4 is 10.5 Å². The normalized spacial score (nSPS) is 12.2. The third-order valence-electron chi connectivity index (χ3n) is 7.22. The summed E-state index contributed by atoms with van der Waals surface area (Å²) in [5, 5.41) is 0.216. The van der Waals surface area contributed by atoms with Gasteiger partial charge in [-0.2, -0.15) is 0 Å². The van der Waals surface area contributed by atoms with Gasteiger partial charge in [0.2, 0.25) is 0 Å². The SMILES string of the molecule is CC(C)(C)[Si](C)(C)OCCOCCOCCOCCOCCOCCOCCOCCOCCOCCOCCOc1ccc(N)cc1. The molecule has 0 aliphatic carbocycles. The van der Waals surface area contributed by atoms with Gasteiger partial charge in [0, 0.05) is 5.69 Å². The molecule has 0 aromatic heterocycles. The van der Waals surface area contributed by atoms with Crippen molar-refractivity contribution in [2.24, 2.45) is 0 Å². The maximum Gasteiger partial charge on any atom is 0.192 e. The quantitative estimate of drug-likeness (QED) is 0.0622. The van der Waals surface area contributed by atoms with Crippen molar-refractivity contribution in [1.29, 1.82) is 0 Å². The van der Waals surface area contributed by atoms with Gasteiger partial charge >= 0.3 is 0 Å². The Morgan fingerprint density at radius 3 is 0.938 bits per heavy atom. The van der Waals surface area contributed by atoms with Gasteiger partial charge in [0.05, 0.1) is 139 Å². The van der Waals surface area contributed by atoms with E-state index in [-0.39, 0.29) is 5.04 Å². The van der Waals surface area contributed by atoms with Gasteiger partial charge in [-0.25, -0.2) is 0 Å². The smallest absolute Gasteiger partial charge is 0.192 e. The summed E-state index contributed by atoms with van der Waals surface area (Å²) >= 11 is 0. The van der Waals surface area contributed by atoms with Crippen LogP contribution in [0.3, 0.4) is 0 Å². The lowest BCUT2D eigenvalue weighted by molar-refractivity contribution is -0.0270. The van der Waals surface area contributed by atoms with E-state index in [1.54, 1.807) is 12.1 Å². The Bertz CT molecular complexity index is 829. The fourth-order valence-electron chi connectivity index (χ4n) is 3.44. The molecule has 13 nitrogen and oxygen atoms in total. The fourth-order valence-corrected chi connectivity index (χ4v) is 4.46. The van der Waals surface area contributed by atoms with E-state index in [2.05, 4.69) is 33.9 Å². The second-order valence-corrected chi connectivity index (χ2v) is 17.0. The van der Waals surface area contributed by atoms with Gasteiger partial charge in [-0.15, -0.1) is 0 Å². The van der Waals surface area contributed by atoms with E-state index in [0.29, 0.717) is 151 Å². The maximum atomic E-state index is 6.08. The third kappa shape index (κ3) is 27.4. The van der Waals surface area contributed by atoms with Crippen LogP contribution in [0.1, 0.15) is 20.8 Å². The van der Waals surface area contributed by atoms with Gasteiger partial charge in [0.15, 0.2) is 8.32 Å². The molecule has 0 saturated heterocycles. The van der Waals surface area contributed by atoms with E-state index in [9.17, 15) is 0 Å². The minimum atomic E-state index is -1.70. The monoisotopic (exact) mass is 707 g/mol. The first-order valence-electron chi connectivity index (χ1n) is 17.1. The Labute approximate surface area is 290 Å². The summed E-state index contributed by atoms with van der Waals surface area (Å²) in [4.78, 5) is 0. The van der Waals surface area contributed by atoms with E-state index in [4.69, 9.17) is 62.3 Å². The summed E-state index contributed by atoms with van der Waals surface area (Å²) < 4.78 is 66.7. The van der Waals surface area contributed by atoms with Crippen LogP contribution in [-0.4, -0.2) is 154 Å². The lowest BCUT2D eigenvalue weighted by Gasteiger charge is -2.36. The summed E-state index contributed by atoms with van der Waals surface area (Å²) in [7, 11) is -1.70. The van der Waals surface area contributed by atoms with Crippen LogP contribution in [0.5, 0.6) is 5.75 Å². The number of nitrogen functional groups attached to an aromatic ring is 1. The highest BCUT2D eigenvalue weighted by Crippen LogP contribution is 2.36. The van der Waals surface area contributed by atoms with Crippen LogP contribution >= 0.6 is 0 Å². The fraction of sp³-hybridized carbons (Fsp3) is 0.824. The number of ether oxygens (including phenoxy) is 11. The average molecular weight is 708 g/mol. The Balaban J connectivity index is 1.65. The minimum absolute atomic E-state index is 0.216. The minimum Gasteiger partial charge on any atom is -0.491 e. The van der Waals surface area contributed by atoms with Gasteiger partial charge in [-0.1, -0.05) is 20.8 Å². The Kier molecular flexibility index (Phi) is 28.3. The average Bonchev–Trinajstić information content (AvgIpc) is 3.05. The largest absolute Gasteiger partial charge is 0.491 e. The first kappa shape index (κ1) is 44.6. The number of benzene rings is 1. The van der Waals surface area contributed by atoms with Gasteiger partial charge < -0.3 is 62.3 Å². The van der Waals surface area contributed by atoms with Crippen LogP contribution in [0.15, 0.2) is 24.3 Å². The maximum absolute atomic E-state index is 6.08. The Morgan fingerprint density at radius 2 is 0.667 bits per heavy atom. The first-order valence-corrected chi connectivity index (χ1v) is 20.0. The van der Waals surface area contributed by atoms with E-state index < -0.39 is 8.32 Å². The highest BCUT2D eigenvalue weighted by atomic mass is 28.4. The zero-order valence-corrected chi connectivity index (χ0v) is 31.3. The standard InChI is InChI=1S/C34H65NO12Si/c1-34(2,3)48(4,5)47-31-29-45-27-25-43-23-21-41-19-17-39-15-13-37-11-10-36-12-14-38-16-18-40-20-22-42-24-26-44-28-30-46-33-8-6-32(35)7-9-33/h6-9H,10-31,35H2,1-5H3. The molecule has 48 heavy (non-hydrogen) atoms. The molecule has 0 atom stereocenters. The van der Waals surface area contributed by atoms with Crippen molar-refractivity contribution >= 4 is 14.0 Å². The van der Waals surface area contributed by atoms with E-state index in [1.807, 2.05) is 12.1 Å². The molecule has 0 radical (unpaired) electrons.